The predicted octanol–water partition coefficient (Wildman–Crippen LogP) is 0.0965. The highest BCUT2D eigenvalue weighted by molar-refractivity contribution is 7.89. The van der Waals surface area contributed by atoms with Gasteiger partial charge in [-0.2, -0.15) is 4.31 Å². The molecule has 0 aromatic heterocycles. The number of nitrogens with one attached hydrogen (secondary N) is 1. The normalized spacial score (nSPS) is 23.8. The molecule has 110 valence electrons. The number of rotatable bonds is 3. The summed E-state index contributed by atoms with van der Waals surface area (Å²) in [5.41, 5.74) is 8.19. The maximum absolute atomic E-state index is 12.8. The zero-order valence-corrected chi connectivity index (χ0v) is 12.3. The fraction of sp³-hybridized carbons (Fsp3) is 0.571. The Hall–Kier alpha value is -0.950. The second-order valence-corrected chi connectivity index (χ2v) is 7.38. The van der Waals surface area contributed by atoms with Crippen molar-refractivity contribution in [3.63, 3.8) is 0 Å². The Balaban J connectivity index is 1.94. The predicted molar refractivity (Wildman–Crippen MR) is 78.1 cm³/mol. The van der Waals surface area contributed by atoms with Gasteiger partial charge >= 0.3 is 0 Å². The first kappa shape index (κ1) is 14.0. The quantitative estimate of drug-likeness (QED) is 0.829. The zero-order valence-electron chi connectivity index (χ0n) is 11.5. The second kappa shape index (κ2) is 5.44. The Morgan fingerprint density at radius 1 is 1.30 bits per heavy atom. The summed E-state index contributed by atoms with van der Waals surface area (Å²) < 4.78 is 27.2. The lowest BCUT2D eigenvalue weighted by atomic mass is 10.1. The standard InChI is InChI=1S/C14H21N3O2S/c15-9-13-10-16-6-7-17(13)20(18,19)14-5-4-11-2-1-3-12(11)8-14/h4-5,8,13,16H,1-3,6-7,9-10,15H2. The Labute approximate surface area is 120 Å². The molecule has 0 saturated carbocycles. The maximum Gasteiger partial charge on any atom is 0.243 e. The molecular formula is C14H21N3O2S. The summed E-state index contributed by atoms with van der Waals surface area (Å²) in [5.74, 6) is 0. The molecule has 0 radical (unpaired) electrons. The smallest absolute Gasteiger partial charge is 0.243 e. The Kier molecular flexibility index (Phi) is 3.81. The van der Waals surface area contributed by atoms with Crippen molar-refractivity contribution < 1.29 is 8.42 Å². The average molecular weight is 295 g/mol. The van der Waals surface area contributed by atoms with Crippen molar-refractivity contribution in [1.29, 1.82) is 0 Å². The topological polar surface area (TPSA) is 75.4 Å². The number of sulfonamides is 1. The number of nitrogens with two attached hydrogens (primary N) is 1. The van der Waals surface area contributed by atoms with Crippen molar-refractivity contribution in [3.05, 3.63) is 29.3 Å². The van der Waals surface area contributed by atoms with Gasteiger partial charge < -0.3 is 11.1 Å². The van der Waals surface area contributed by atoms with E-state index in [4.69, 9.17) is 5.73 Å². The van der Waals surface area contributed by atoms with E-state index in [-0.39, 0.29) is 6.04 Å². The van der Waals surface area contributed by atoms with Gasteiger partial charge in [0.2, 0.25) is 10.0 Å². The lowest BCUT2D eigenvalue weighted by molar-refractivity contribution is 0.272. The molecule has 1 unspecified atom stereocenters. The molecule has 1 fully saturated rings. The third-order valence-electron chi connectivity index (χ3n) is 4.24. The van der Waals surface area contributed by atoms with Gasteiger partial charge in [0.15, 0.2) is 0 Å². The van der Waals surface area contributed by atoms with Gasteiger partial charge in [-0.25, -0.2) is 8.42 Å². The third kappa shape index (κ3) is 2.37. The molecule has 1 aliphatic heterocycles. The summed E-state index contributed by atoms with van der Waals surface area (Å²) in [5, 5.41) is 3.19. The van der Waals surface area contributed by atoms with Crippen LogP contribution in [0.4, 0.5) is 0 Å². The van der Waals surface area contributed by atoms with Gasteiger partial charge in [0.1, 0.15) is 0 Å². The molecule has 1 heterocycles. The summed E-state index contributed by atoms with van der Waals surface area (Å²) in [6.07, 6.45) is 3.17. The Morgan fingerprint density at radius 3 is 2.90 bits per heavy atom. The van der Waals surface area contributed by atoms with Crippen LogP contribution >= 0.6 is 0 Å². The zero-order chi connectivity index (χ0) is 14.2. The van der Waals surface area contributed by atoms with Crippen molar-refractivity contribution in [2.24, 2.45) is 5.73 Å². The van der Waals surface area contributed by atoms with E-state index in [2.05, 4.69) is 5.32 Å². The van der Waals surface area contributed by atoms with Crippen LogP contribution < -0.4 is 11.1 Å². The monoisotopic (exact) mass is 295 g/mol. The number of aryl methyl sites for hydroxylation is 2. The molecule has 1 aromatic rings. The summed E-state index contributed by atoms with van der Waals surface area (Å²) in [4.78, 5) is 0.415. The van der Waals surface area contributed by atoms with Crippen molar-refractivity contribution in [2.75, 3.05) is 26.2 Å². The summed E-state index contributed by atoms with van der Waals surface area (Å²) >= 11 is 0. The number of hydrogen-bond donors (Lipinski definition) is 2. The van der Waals surface area contributed by atoms with Crippen molar-refractivity contribution in [1.82, 2.24) is 9.62 Å². The van der Waals surface area contributed by atoms with Crippen molar-refractivity contribution in [3.8, 4) is 0 Å². The summed E-state index contributed by atoms with van der Waals surface area (Å²) in [6, 6.07) is 5.42. The molecule has 0 spiro atoms. The summed E-state index contributed by atoms with van der Waals surface area (Å²) in [7, 11) is -3.43. The molecule has 1 aliphatic carbocycles. The van der Waals surface area contributed by atoms with Crippen LogP contribution in [0, 0.1) is 0 Å². The van der Waals surface area contributed by atoms with Crippen LogP contribution in [0.5, 0.6) is 0 Å². The van der Waals surface area contributed by atoms with E-state index in [0.29, 0.717) is 31.1 Å². The Bertz CT molecular complexity index is 600. The van der Waals surface area contributed by atoms with Gasteiger partial charge in [-0.05, 0) is 42.5 Å². The van der Waals surface area contributed by atoms with Gasteiger partial charge in [-0.15, -0.1) is 0 Å². The first-order chi connectivity index (χ1) is 9.63. The molecule has 6 heteroatoms. The molecule has 5 nitrogen and oxygen atoms in total. The van der Waals surface area contributed by atoms with E-state index in [9.17, 15) is 8.42 Å². The van der Waals surface area contributed by atoms with E-state index in [0.717, 1.165) is 19.3 Å². The highest BCUT2D eigenvalue weighted by Gasteiger charge is 2.33. The van der Waals surface area contributed by atoms with Crippen LogP contribution in [0.1, 0.15) is 17.5 Å². The second-order valence-electron chi connectivity index (χ2n) is 5.49. The minimum absolute atomic E-state index is 0.151. The van der Waals surface area contributed by atoms with Crippen LogP contribution in [0.25, 0.3) is 0 Å². The van der Waals surface area contributed by atoms with Gasteiger partial charge in [-0.3, -0.25) is 0 Å². The summed E-state index contributed by atoms with van der Waals surface area (Å²) in [6.45, 7) is 2.14. The highest BCUT2D eigenvalue weighted by atomic mass is 32.2. The molecule has 1 saturated heterocycles. The lowest BCUT2D eigenvalue weighted by Crippen LogP contribution is -2.56. The molecule has 1 atom stereocenters. The third-order valence-corrected chi connectivity index (χ3v) is 6.19. The molecule has 20 heavy (non-hydrogen) atoms. The first-order valence-electron chi connectivity index (χ1n) is 7.17. The van der Waals surface area contributed by atoms with Crippen LogP contribution in [-0.2, 0) is 22.9 Å². The number of hydrogen-bond acceptors (Lipinski definition) is 4. The highest BCUT2D eigenvalue weighted by Crippen LogP contribution is 2.27. The van der Waals surface area contributed by atoms with Crippen molar-refractivity contribution >= 4 is 10.0 Å². The van der Waals surface area contributed by atoms with E-state index in [1.54, 1.807) is 10.4 Å². The number of piperazine rings is 1. The molecule has 0 amide bonds. The van der Waals surface area contributed by atoms with E-state index < -0.39 is 10.0 Å². The van der Waals surface area contributed by atoms with E-state index in [1.807, 2.05) is 12.1 Å². The average Bonchev–Trinajstić information content (AvgIpc) is 2.94. The van der Waals surface area contributed by atoms with Gasteiger partial charge in [0.25, 0.3) is 0 Å². The fourth-order valence-electron chi connectivity index (χ4n) is 3.10. The molecular weight excluding hydrogens is 274 g/mol. The number of fused-ring (bicyclic) bond motifs is 1. The number of benzene rings is 1. The minimum atomic E-state index is -3.43. The molecule has 0 bridgehead atoms. The fourth-order valence-corrected chi connectivity index (χ4v) is 4.79. The molecule has 2 aliphatic rings. The largest absolute Gasteiger partial charge is 0.329 e. The van der Waals surface area contributed by atoms with Gasteiger partial charge in [-0.1, -0.05) is 6.07 Å². The van der Waals surface area contributed by atoms with Crippen LogP contribution in [0.15, 0.2) is 23.1 Å². The number of nitrogens with zero attached hydrogens (tertiary/aromatic N) is 1. The molecule has 3 N–H and O–H groups in total. The van der Waals surface area contributed by atoms with Crippen LogP contribution in [0.3, 0.4) is 0 Å². The Morgan fingerprint density at radius 2 is 2.10 bits per heavy atom. The van der Waals surface area contributed by atoms with Crippen molar-refractivity contribution in [2.45, 2.75) is 30.2 Å². The van der Waals surface area contributed by atoms with E-state index >= 15 is 0 Å². The van der Waals surface area contributed by atoms with Crippen LogP contribution in [-0.4, -0.2) is 44.9 Å². The molecule has 1 aromatic carbocycles. The first-order valence-corrected chi connectivity index (χ1v) is 8.61. The SMILES string of the molecule is NCC1CNCCN1S(=O)(=O)c1ccc2c(c1)CCC2. The van der Waals surface area contributed by atoms with Gasteiger partial charge in [0, 0.05) is 32.2 Å². The van der Waals surface area contributed by atoms with Crippen LogP contribution in [0.2, 0.25) is 0 Å². The molecule has 3 rings (SSSR count). The minimum Gasteiger partial charge on any atom is -0.329 e. The lowest BCUT2D eigenvalue weighted by Gasteiger charge is -2.34. The maximum atomic E-state index is 12.8. The van der Waals surface area contributed by atoms with Gasteiger partial charge in [0.05, 0.1) is 4.90 Å². The van der Waals surface area contributed by atoms with E-state index in [1.165, 1.54) is 11.1 Å².